The Bertz CT molecular complexity index is 958. The van der Waals surface area contributed by atoms with Crippen LogP contribution in [0.25, 0.3) is 11.0 Å². The van der Waals surface area contributed by atoms with Gasteiger partial charge in [-0.1, -0.05) is 6.07 Å². The van der Waals surface area contributed by atoms with E-state index in [1.807, 2.05) is 36.7 Å². The summed E-state index contributed by atoms with van der Waals surface area (Å²) in [4.78, 5) is 40.2. The van der Waals surface area contributed by atoms with E-state index in [9.17, 15) is 14.4 Å². The van der Waals surface area contributed by atoms with Crippen molar-refractivity contribution < 1.29 is 14.4 Å². The van der Waals surface area contributed by atoms with E-state index < -0.39 is 11.6 Å². The van der Waals surface area contributed by atoms with Crippen molar-refractivity contribution in [2.75, 3.05) is 0 Å². The zero-order valence-electron chi connectivity index (χ0n) is 16.0. The number of aryl methyl sites for hydroxylation is 2. The minimum absolute atomic E-state index is 0.0287. The average Bonchev–Trinajstić information content (AvgIpc) is 3.11. The van der Waals surface area contributed by atoms with Crippen LogP contribution in [0.1, 0.15) is 37.1 Å². The number of rotatable bonds is 3. The Labute approximate surface area is 162 Å². The predicted octanol–water partition coefficient (Wildman–Crippen LogP) is 1.20. The summed E-state index contributed by atoms with van der Waals surface area (Å²) in [6.07, 6.45) is 2.29. The van der Waals surface area contributed by atoms with E-state index in [0.717, 1.165) is 22.4 Å². The van der Waals surface area contributed by atoms with Gasteiger partial charge in [-0.15, -0.1) is 0 Å². The summed E-state index contributed by atoms with van der Waals surface area (Å²) in [5.41, 5.74) is 2.27. The Hall–Kier alpha value is -3.10. The Kier molecular flexibility index (Phi) is 4.44. The highest BCUT2D eigenvalue weighted by Gasteiger charge is 2.48. The molecule has 1 aromatic heterocycles. The molecule has 2 heterocycles. The van der Waals surface area contributed by atoms with Crippen LogP contribution in [0.5, 0.6) is 0 Å². The van der Waals surface area contributed by atoms with Crippen LogP contribution in [0.2, 0.25) is 0 Å². The zero-order chi connectivity index (χ0) is 19.9. The van der Waals surface area contributed by atoms with E-state index in [0.29, 0.717) is 32.2 Å². The summed E-state index contributed by atoms with van der Waals surface area (Å²) < 4.78 is 1.97. The number of hydrogen-bond acceptors (Lipinski definition) is 4. The van der Waals surface area contributed by atoms with Crippen molar-refractivity contribution in [2.45, 2.75) is 50.7 Å². The van der Waals surface area contributed by atoms with Crippen molar-refractivity contribution in [3.8, 4) is 0 Å². The Morgan fingerprint density at radius 2 is 2.07 bits per heavy atom. The average molecular weight is 384 g/mol. The first-order valence-corrected chi connectivity index (χ1v) is 9.46. The smallest absolute Gasteiger partial charge is 0.322 e. The lowest BCUT2D eigenvalue weighted by molar-refractivity contribution is -0.125. The monoisotopic (exact) mass is 384 g/mol. The van der Waals surface area contributed by atoms with Gasteiger partial charge >= 0.3 is 12.1 Å². The van der Waals surface area contributed by atoms with Crippen molar-refractivity contribution in [3.05, 3.63) is 29.6 Å². The van der Waals surface area contributed by atoms with E-state index in [4.69, 9.17) is 0 Å². The SMILES string of the molecule is Cc1ccc2c(c1)nc(CNC(=O)NC1CCC3(CC1)NC(=O)NC3=O)n2C. The van der Waals surface area contributed by atoms with Gasteiger partial charge in [0.1, 0.15) is 11.4 Å². The summed E-state index contributed by atoms with van der Waals surface area (Å²) >= 11 is 0. The molecular formula is C19H24N6O3. The van der Waals surface area contributed by atoms with Crippen molar-refractivity contribution in [3.63, 3.8) is 0 Å². The van der Waals surface area contributed by atoms with Crippen LogP contribution in [0.3, 0.4) is 0 Å². The molecule has 0 unspecified atom stereocenters. The quantitative estimate of drug-likeness (QED) is 0.595. The lowest BCUT2D eigenvalue weighted by atomic mass is 9.79. The first-order chi connectivity index (χ1) is 13.4. The van der Waals surface area contributed by atoms with E-state index in [-0.39, 0.29) is 18.0 Å². The predicted molar refractivity (Wildman–Crippen MR) is 102 cm³/mol. The summed E-state index contributed by atoms with van der Waals surface area (Å²) in [5, 5.41) is 10.8. The lowest BCUT2D eigenvalue weighted by Crippen LogP contribution is -2.53. The van der Waals surface area contributed by atoms with Crippen LogP contribution in [0.4, 0.5) is 9.59 Å². The van der Waals surface area contributed by atoms with Gasteiger partial charge in [0.2, 0.25) is 0 Å². The summed E-state index contributed by atoms with van der Waals surface area (Å²) in [5.74, 6) is 0.515. The van der Waals surface area contributed by atoms with Crippen LogP contribution in [-0.4, -0.2) is 39.1 Å². The third-order valence-corrected chi connectivity index (χ3v) is 5.72. The highest BCUT2D eigenvalue weighted by atomic mass is 16.2. The number of fused-ring (bicyclic) bond motifs is 1. The molecule has 0 atom stereocenters. The maximum Gasteiger partial charge on any atom is 0.322 e. The second-order valence-electron chi connectivity index (χ2n) is 7.67. The van der Waals surface area contributed by atoms with Gasteiger partial charge in [-0.3, -0.25) is 10.1 Å². The molecule has 1 aromatic carbocycles. The van der Waals surface area contributed by atoms with Crippen LogP contribution < -0.4 is 21.3 Å². The number of carbonyl (C=O) groups is 3. The second kappa shape index (κ2) is 6.81. The molecule has 1 aliphatic heterocycles. The van der Waals surface area contributed by atoms with Crippen molar-refractivity contribution in [2.24, 2.45) is 7.05 Å². The Morgan fingerprint density at radius 1 is 1.32 bits per heavy atom. The molecule has 2 fully saturated rings. The number of amides is 5. The standard InChI is InChI=1S/C19H24N6O3/c1-11-3-4-14-13(9-11)22-15(25(14)2)10-20-17(27)21-12-5-7-19(8-6-12)16(26)23-18(28)24-19/h3-4,9,12H,5-8,10H2,1-2H3,(H2,20,21,27)(H2,23,24,26,28). The van der Waals surface area contributed by atoms with E-state index in [1.165, 1.54) is 0 Å². The fourth-order valence-corrected chi connectivity index (χ4v) is 4.05. The summed E-state index contributed by atoms with van der Waals surface area (Å²) in [6.45, 7) is 2.35. The molecule has 0 radical (unpaired) electrons. The van der Waals surface area contributed by atoms with Gasteiger partial charge in [-0.25, -0.2) is 14.6 Å². The minimum Gasteiger partial charge on any atom is -0.335 e. The van der Waals surface area contributed by atoms with Crippen LogP contribution in [0, 0.1) is 6.92 Å². The minimum atomic E-state index is -0.809. The molecule has 1 saturated carbocycles. The maximum atomic E-state index is 12.3. The molecule has 9 heteroatoms. The highest BCUT2D eigenvalue weighted by molar-refractivity contribution is 6.07. The van der Waals surface area contributed by atoms with Gasteiger partial charge in [-0.05, 0) is 50.3 Å². The molecule has 28 heavy (non-hydrogen) atoms. The second-order valence-corrected chi connectivity index (χ2v) is 7.67. The Balaban J connectivity index is 1.30. The number of aromatic nitrogens is 2. The summed E-state index contributed by atoms with van der Waals surface area (Å²) in [6, 6.07) is 5.36. The zero-order valence-corrected chi connectivity index (χ0v) is 16.0. The molecule has 1 saturated heterocycles. The normalized spacial score (nSPS) is 24.3. The maximum absolute atomic E-state index is 12.3. The van der Waals surface area contributed by atoms with Crippen molar-refractivity contribution in [1.29, 1.82) is 0 Å². The van der Waals surface area contributed by atoms with E-state index >= 15 is 0 Å². The number of imidazole rings is 1. The van der Waals surface area contributed by atoms with Gasteiger partial charge in [0.05, 0.1) is 17.6 Å². The number of benzene rings is 1. The third-order valence-electron chi connectivity index (χ3n) is 5.72. The molecule has 9 nitrogen and oxygen atoms in total. The molecule has 4 rings (SSSR count). The lowest BCUT2D eigenvalue weighted by Gasteiger charge is -2.34. The number of imide groups is 1. The van der Waals surface area contributed by atoms with Crippen LogP contribution in [0.15, 0.2) is 18.2 Å². The number of nitrogens with zero attached hydrogens (tertiary/aromatic N) is 2. The van der Waals surface area contributed by atoms with Crippen LogP contribution >= 0.6 is 0 Å². The first kappa shape index (κ1) is 18.3. The largest absolute Gasteiger partial charge is 0.335 e. The fraction of sp³-hybridized carbons (Fsp3) is 0.474. The molecule has 1 spiro atoms. The number of hydrogen-bond donors (Lipinski definition) is 4. The molecule has 148 valence electrons. The van der Waals surface area contributed by atoms with Crippen molar-refractivity contribution >= 4 is 29.0 Å². The molecule has 2 aromatic rings. The van der Waals surface area contributed by atoms with Crippen molar-refractivity contribution in [1.82, 2.24) is 30.8 Å². The molecule has 1 aliphatic carbocycles. The van der Waals surface area contributed by atoms with Crippen LogP contribution in [-0.2, 0) is 18.4 Å². The number of urea groups is 2. The van der Waals surface area contributed by atoms with Gasteiger partial charge < -0.3 is 20.5 Å². The molecular weight excluding hydrogens is 360 g/mol. The molecule has 0 bridgehead atoms. The topological polar surface area (TPSA) is 117 Å². The first-order valence-electron chi connectivity index (χ1n) is 9.46. The van der Waals surface area contributed by atoms with Gasteiger partial charge in [0.25, 0.3) is 5.91 Å². The van der Waals surface area contributed by atoms with Gasteiger partial charge in [0.15, 0.2) is 0 Å². The Morgan fingerprint density at radius 3 is 2.75 bits per heavy atom. The summed E-state index contributed by atoms with van der Waals surface area (Å²) in [7, 11) is 1.93. The molecule has 5 amide bonds. The highest BCUT2D eigenvalue weighted by Crippen LogP contribution is 2.30. The molecule has 4 N–H and O–H groups in total. The fourth-order valence-electron chi connectivity index (χ4n) is 4.05. The molecule has 2 aliphatic rings. The van der Waals surface area contributed by atoms with Gasteiger partial charge in [-0.2, -0.15) is 0 Å². The third kappa shape index (κ3) is 3.28. The number of nitrogens with one attached hydrogen (secondary N) is 4. The van der Waals surface area contributed by atoms with E-state index in [2.05, 4.69) is 26.3 Å². The van der Waals surface area contributed by atoms with E-state index in [1.54, 1.807) is 0 Å². The van der Waals surface area contributed by atoms with Gasteiger partial charge in [0, 0.05) is 13.1 Å². The number of carbonyl (C=O) groups excluding carboxylic acids is 3.